The number of nitrogen functional groups attached to an aromatic ring is 1. The van der Waals surface area contributed by atoms with Crippen molar-refractivity contribution >= 4 is 34.5 Å². The molecule has 244 valence electrons. The number of carbonyl (C=O) groups is 2. The summed E-state index contributed by atoms with van der Waals surface area (Å²) in [6.07, 6.45) is 5.85. The molecule has 1 saturated carbocycles. The minimum atomic E-state index is -0.833. The van der Waals surface area contributed by atoms with Crippen LogP contribution in [0.5, 0.6) is 5.75 Å². The molecule has 0 bridgehead atoms. The Bertz CT molecular complexity index is 1640. The Labute approximate surface area is 268 Å². The van der Waals surface area contributed by atoms with Gasteiger partial charge in [-0.1, -0.05) is 36.4 Å². The highest BCUT2D eigenvalue weighted by molar-refractivity contribution is 5.99. The van der Waals surface area contributed by atoms with E-state index in [4.69, 9.17) is 31.2 Å². The summed E-state index contributed by atoms with van der Waals surface area (Å²) < 4.78 is 7.81. The average molecular weight is 630 g/mol. The van der Waals surface area contributed by atoms with Crippen LogP contribution in [0.25, 0.3) is 22.3 Å². The van der Waals surface area contributed by atoms with Gasteiger partial charge in [-0.3, -0.25) is 14.6 Å². The van der Waals surface area contributed by atoms with Crippen molar-refractivity contribution in [3.63, 3.8) is 0 Å². The van der Waals surface area contributed by atoms with Crippen molar-refractivity contribution in [2.24, 2.45) is 5.73 Å². The number of nitrogens with zero attached hydrogens (tertiary/aromatic N) is 7. The van der Waals surface area contributed by atoms with Crippen LogP contribution in [-0.4, -0.2) is 93.0 Å². The van der Waals surface area contributed by atoms with Crippen LogP contribution in [0.4, 0.5) is 16.3 Å². The van der Waals surface area contributed by atoms with Gasteiger partial charge in [0.1, 0.15) is 23.6 Å². The van der Waals surface area contributed by atoms with Crippen molar-refractivity contribution in [3.05, 3.63) is 60.4 Å². The van der Waals surface area contributed by atoms with Crippen molar-refractivity contribution in [1.82, 2.24) is 29.5 Å². The Morgan fingerprint density at radius 2 is 1.65 bits per heavy atom. The molecule has 0 spiro atoms. The molecule has 2 aromatic heterocycles. The van der Waals surface area contributed by atoms with Gasteiger partial charge in [-0.05, 0) is 50.4 Å². The molecule has 0 atom stereocenters. The number of aliphatic carboxylic acids is 1. The first-order chi connectivity index (χ1) is 22.2. The van der Waals surface area contributed by atoms with Gasteiger partial charge < -0.3 is 26.2 Å². The van der Waals surface area contributed by atoms with Gasteiger partial charge in [0.2, 0.25) is 0 Å². The fraction of sp³-hybridized carbons (Fsp3) is 0.424. The molecular weight excluding hydrogens is 586 g/mol. The summed E-state index contributed by atoms with van der Waals surface area (Å²) in [5.74, 6) is 0.0614. The van der Waals surface area contributed by atoms with Gasteiger partial charge in [-0.15, -0.1) is 0 Å². The molecule has 1 aliphatic heterocycles. The second kappa shape index (κ2) is 14.6. The molecule has 46 heavy (non-hydrogen) atoms. The first-order valence-corrected chi connectivity index (χ1v) is 15.6. The lowest BCUT2D eigenvalue weighted by molar-refractivity contribution is -0.134. The summed E-state index contributed by atoms with van der Waals surface area (Å²) in [5.41, 5.74) is 16.0. The van der Waals surface area contributed by atoms with E-state index in [-0.39, 0.29) is 6.04 Å². The van der Waals surface area contributed by atoms with Crippen molar-refractivity contribution < 1.29 is 19.4 Å². The molecule has 2 fully saturated rings. The summed E-state index contributed by atoms with van der Waals surface area (Å²) in [5, 5.41) is 13.2. The largest absolute Gasteiger partial charge is 0.495 e. The van der Waals surface area contributed by atoms with E-state index in [0.29, 0.717) is 35.5 Å². The SMILES string of the molecule is CC(=O)O.COc1cc(-c2nn(C3CCC(N4CCN(C)CC4)CC3)c3ncnc(N)c23)ccc1N(Cc1ccccc1)C(N)=O. The number of primary amides is 1. The molecule has 2 aromatic carbocycles. The third-order valence-electron chi connectivity index (χ3n) is 8.78. The molecular formula is C33H43N9O4. The third-order valence-corrected chi connectivity index (χ3v) is 8.78. The topological polar surface area (TPSA) is 169 Å². The van der Waals surface area contributed by atoms with Gasteiger partial charge >= 0.3 is 6.03 Å². The Morgan fingerprint density at radius 1 is 1.00 bits per heavy atom. The number of carboxylic acids is 1. The lowest BCUT2D eigenvalue weighted by Gasteiger charge is -2.41. The predicted octanol–water partition coefficient (Wildman–Crippen LogP) is 3.99. The number of aromatic nitrogens is 4. The van der Waals surface area contributed by atoms with Gasteiger partial charge in [0, 0.05) is 44.7 Å². The second-order valence-corrected chi connectivity index (χ2v) is 11.9. The van der Waals surface area contributed by atoms with E-state index in [1.165, 1.54) is 11.2 Å². The highest BCUT2D eigenvalue weighted by atomic mass is 16.5. The quantitative estimate of drug-likeness (QED) is 0.272. The molecule has 6 rings (SSSR count). The molecule has 13 nitrogen and oxygen atoms in total. The Morgan fingerprint density at radius 3 is 2.28 bits per heavy atom. The number of methoxy groups -OCH3 is 1. The molecule has 13 heteroatoms. The fourth-order valence-electron chi connectivity index (χ4n) is 6.40. The maximum absolute atomic E-state index is 12.5. The van der Waals surface area contributed by atoms with E-state index in [0.717, 1.165) is 80.9 Å². The number of likely N-dealkylation sites (N-methyl/N-ethyl adjacent to an activating group) is 1. The number of rotatable bonds is 7. The second-order valence-electron chi connectivity index (χ2n) is 11.9. The van der Waals surface area contributed by atoms with E-state index in [9.17, 15) is 4.79 Å². The van der Waals surface area contributed by atoms with E-state index in [1.807, 2.05) is 48.5 Å². The van der Waals surface area contributed by atoms with Crippen molar-refractivity contribution in [2.75, 3.05) is 51.0 Å². The highest BCUT2D eigenvalue weighted by Crippen LogP contribution is 2.40. The van der Waals surface area contributed by atoms with Crippen LogP contribution in [0.1, 0.15) is 44.2 Å². The number of piperazine rings is 1. The van der Waals surface area contributed by atoms with E-state index >= 15 is 0 Å². The van der Waals surface area contributed by atoms with Crippen LogP contribution < -0.4 is 21.1 Å². The van der Waals surface area contributed by atoms with E-state index < -0.39 is 12.0 Å². The lowest BCUT2D eigenvalue weighted by atomic mass is 9.90. The number of carboxylic acid groups (broad SMARTS) is 1. The van der Waals surface area contributed by atoms with Gasteiger partial charge in [0.15, 0.2) is 5.65 Å². The van der Waals surface area contributed by atoms with Crippen molar-refractivity contribution in [1.29, 1.82) is 0 Å². The normalized spacial score (nSPS) is 18.8. The summed E-state index contributed by atoms with van der Waals surface area (Å²) in [4.78, 5) is 37.0. The molecule has 2 aliphatic rings. The number of fused-ring (bicyclic) bond motifs is 1. The van der Waals surface area contributed by atoms with Crippen LogP contribution >= 0.6 is 0 Å². The molecule has 1 aliphatic carbocycles. The smallest absolute Gasteiger partial charge is 0.319 e. The number of urea groups is 1. The Hall–Kier alpha value is -4.75. The van der Waals surface area contributed by atoms with Gasteiger partial charge in [0.25, 0.3) is 5.97 Å². The number of ether oxygens (including phenoxy) is 1. The number of anilines is 2. The van der Waals surface area contributed by atoms with Gasteiger partial charge in [0.05, 0.1) is 30.8 Å². The molecule has 0 radical (unpaired) electrons. The average Bonchev–Trinajstić information content (AvgIpc) is 3.45. The maximum Gasteiger partial charge on any atom is 0.319 e. The number of nitrogens with two attached hydrogens (primary N) is 2. The van der Waals surface area contributed by atoms with E-state index in [2.05, 4.69) is 31.5 Å². The van der Waals surface area contributed by atoms with Crippen molar-refractivity contribution in [3.8, 4) is 17.0 Å². The zero-order chi connectivity index (χ0) is 32.8. The molecule has 5 N–H and O–H groups in total. The van der Waals surface area contributed by atoms with Crippen LogP contribution in [0.15, 0.2) is 54.9 Å². The number of carbonyl (C=O) groups excluding carboxylic acids is 1. The van der Waals surface area contributed by atoms with Crippen LogP contribution in [-0.2, 0) is 11.3 Å². The Balaban J connectivity index is 0.000000985. The van der Waals surface area contributed by atoms with Gasteiger partial charge in [-0.2, -0.15) is 5.10 Å². The molecule has 4 aromatic rings. The van der Waals surface area contributed by atoms with E-state index in [1.54, 1.807) is 7.11 Å². The summed E-state index contributed by atoms with van der Waals surface area (Å²) in [6.45, 7) is 5.95. The summed E-state index contributed by atoms with van der Waals surface area (Å²) in [6, 6.07) is 15.6. The third kappa shape index (κ3) is 7.37. The number of benzene rings is 2. The molecule has 0 unspecified atom stereocenters. The van der Waals surface area contributed by atoms with Crippen LogP contribution in [0.2, 0.25) is 0 Å². The molecule has 3 heterocycles. The molecule has 1 saturated heterocycles. The Kier molecular flexibility index (Phi) is 10.3. The number of amides is 2. The van der Waals surface area contributed by atoms with Crippen LogP contribution in [0.3, 0.4) is 0 Å². The number of hydrogen-bond acceptors (Lipinski definition) is 9. The zero-order valence-corrected chi connectivity index (χ0v) is 26.7. The first kappa shape index (κ1) is 32.6. The minimum absolute atomic E-state index is 0.233. The van der Waals surface area contributed by atoms with Crippen LogP contribution in [0, 0.1) is 0 Å². The predicted molar refractivity (Wildman–Crippen MR) is 178 cm³/mol. The standard InChI is InChI=1S/C31H39N9O2.C2H4O2/c1-37-14-16-38(17-15-37)23-9-11-24(12-10-23)40-30-27(29(32)34-20-35-30)28(36-40)22-8-13-25(26(18-22)42-2)39(31(33)41)19-21-6-4-3-5-7-21;1-2(3)4/h3-8,13,18,20,23-24H,9-12,14-17,19H2,1-2H3,(H2,33,41)(H2,32,34,35);1H3,(H,3,4). The summed E-state index contributed by atoms with van der Waals surface area (Å²) in [7, 11) is 3.78. The first-order valence-electron chi connectivity index (χ1n) is 15.6. The van der Waals surface area contributed by atoms with Gasteiger partial charge in [-0.25, -0.2) is 19.4 Å². The number of hydrogen-bond donors (Lipinski definition) is 3. The fourth-order valence-corrected chi connectivity index (χ4v) is 6.40. The monoisotopic (exact) mass is 629 g/mol. The summed E-state index contributed by atoms with van der Waals surface area (Å²) >= 11 is 0. The van der Waals surface area contributed by atoms with Crippen molar-refractivity contribution in [2.45, 2.75) is 51.2 Å². The molecule has 2 amide bonds. The zero-order valence-electron chi connectivity index (χ0n) is 26.7. The maximum atomic E-state index is 12.5. The highest BCUT2D eigenvalue weighted by Gasteiger charge is 2.31. The minimum Gasteiger partial charge on any atom is -0.495 e. The lowest BCUT2D eigenvalue weighted by Crippen LogP contribution is -2.49.